The maximum atomic E-state index is 12.5. The quantitative estimate of drug-likeness (QED) is 0.355. The number of carbonyl (C=O) groups excluding carboxylic acids is 1. The molecule has 0 aliphatic heterocycles. The van der Waals surface area contributed by atoms with Crippen LogP contribution in [-0.4, -0.2) is 43.1 Å². The Hall–Kier alpha value is -2.30. The van der Waals surface area contributed by atoms with Crippen molar-refractivity contribution in [1.29, 1.82) is 0 Å². The van der Waals surface area contributed by atoms with E-state index in [2.05, 4.69) is 0 Å². The number of Topliss-reactive ketones (excluding diaryl/α,β-unsaturated/α-hetero) is 1. The van der Waals surface area contributed by atoms with Crippen LogP contribution in [0.25, 0.3) is 0 Å². The number of aryl methyl sites for hydroxylation is 1. The number of ether oxygens (including phenoxy) is 1. The van der Waals surface area contributed by atoms with Crippen LogP contribution in [0, 0.1) is 17.0 Å². The number of sulfonamides is 1. The summed E-state index contributed by atoms with van der Waals surface area (Å²) in [6.45, 7) is 5.36. The number of benzene rings is 1. The molecule has 0 spiro atoms. The molecule has 0 aliphatic carbocycles. The van der Waals surface area contributed by atoms with Crippen LogP contribution in [0.4, 0.5) is 5.69 Å². The number of hydrogen-bond acceptors (Lipinski definition) is 7. The van der Waals surface area contributed by atoms with Crippen LogP contribution in [0.2, 0.25) is 0 Å². The van der Waals surface area contributed by atoms with Crippen molar-refractivity contribution in [3.63, 3.8) is 0 Å². The minimum Gasteiger partial charge on any atom is -0.478 e. The predicted octanol–water partition coefficient (Wildman–Crippen LogP) is 3.26. The fraction of sp³-hybridized carbons (Fsp3) is 0.353. The van der Waals surface area contributed by atoms with E-state index in [1.54, 1.807) is 26.0 Å². The first-order chi connectivity index (χ1) is 12.7. The first-order valence-electron chi connectivity index (χ1n) is 8.21. The molecular formula is C17H20N2O6S2. The van der Waals surface area contributed by atoms with Gasteiger partial charge in [-0.05, 0) is 31.2 Å². The summed E-state index contributed by atoms with van der Waals surface area (Å²) in [6, 6.07) is 6.88. The summed E-state index contributed by atoms with van der Waals surface area (Å²) >= 11 is 1.31. The van der Waals surface area contributed by atoms with E-state index >= 15 is 0 Å². The van der Waals surface area contributed by atoms with E-state index < -0.39 is 20.6 Å². The van der Waals surface area contributed by atoms with Gasteiger partial charge in [0.25, 0.3) is 0 Å². The minimum absolute atomic E-state index is 0.153. The first-order valence-corrected chi connectivity index (χ1v) is 10.5. The third kappa shape index (κ3) is 4.71. The van der Waals surface area contributed by atoms with E-state index in [9.17, 15) is 23.3 Å². The fourth-order valence-electron chi connectivity index (χ4n) is 2.43. The summed E-state index contributed by atoms with van der Waals surface area (Å²) in [5, 5.41) is 11.4. The average Bonchev–Trinajstić information content (AvgIpc) is 3.06. The number of nitrogens with zero attached hydrogens (tertiary/aromatic N) is 2. The molecule has 2 rings (SSSR count). The van der Waals surface area contributed by atoms with Crippen molar-refractivity contribution < 1.29 is 22.9 Å². The molecule has 1 heterocycles. The zero-order chi connectivity index (χ0) is 20.2. The SMILES string of the molecule is CCN(CC)S(=O)(=O)c1ccc(OCC(=O)c2ccc(C)s2)c([N+](=O)[O-])c1. The Kier molecular flexibility index (Phi) is 6.68. The van der Waals surface area contributed by atoms with E-state index in [4.69, 9.17) is 4.74 Å². The van der Waals surface area contributed by atoms with Crippen molar-refractivity contribution >= 4 is 32.8 Å². The van der Waals surface area contributed by atoms with Crippen LogP contribution in [-0.2, 0) is 10.0 Å². The summed E-state index contributed by atoms with van der Waals surface area (Å²) in [5.74, 6) is -0.456. The van der Waals surface area contributed by atoms with E-state index in [0.29, 0.717) is 4.88 Å². The molecule has 0 N–H and O–H groups in total. The monoisotopic (exact) mass is 412 g/mol. The van der Waals surface area contributed by atoms with Gasteiger partial charge in [0.05, 0.1) is 14.7 Å². The maximum Gasteiger partial charge on any atom is 0.312 e. The van der Waals surface area contributed by atoms with Crippen LogP contribution < -0.4 is 4.74 Å². The molecule has 27 heavy (non-hydrogen) atoms. The van der Waals surface area contributed by atoms with Gasteiger partial charge in [0, 0.05) is 24.0 Å². The fourth-order valence-corrected chi connectivity index (χ4v) is 4.70. The molecule has 0 aliphatic rings. The largest absolute Gasteiger partial charge is 0.478 e. The minimum atomic E-state index is -3.84. The van der Waals surface area contributed by atoms with Gasteiger partial charge in [-0.3, -0.25) is 14.9 Å². The van der Waals surface area contributed by atoms with E-state index in [1.807, 2.05) is 6.92 Å². The third-order valence-corrected chi connectivity index (χ3v) is 6.93. The zero-order valence-corrected chi connectivity index (χ0v) is 16.8. The molecule has 0 radical (unpaired) electrons. The second kappa shape index (κ2) is 8.59. The number of nitro benzene ring substituents is 1. The molecule has 0 saturated heterocycles. The number of carbonyl (C=O) groups is 1. The Balaban J connectivity index is 2.28. The molecule has 1 aromatic carbocycles. The van der Waals surface area contributed by atoms with Gasteiger partial charge in [-0.1, -0.05) is 13.8 Å². The topological polar surface area (TPSA) is 107 Å². The van der Waals surface area contributed by atoms with Gasteiger partial charge in [0.2, 0.25) is 15.8 Å². The number of rotatable bonds is 9. The smallest absolute Gasteiger partial charge is 0.312 e. The Bertz CT molecular complexity index is 948. The second-order valence-corrected chi connectivity index (χ2v) is 8.82. The summed E-state index contributed by atoms with van der Waals surface area (Å²) in [4.78, 5) is 24.0. The van der Waals surface area contributed by atoms with E-state index in [-0.39, 0.29) is 36.1 Å². The van der Waals surface area contributed by atoms with Gasteiger partial charge < -0.3 is 4.74 Å². The molecule has 146 valence electrons. The molecule has 10 heteroatoms. The highest BCUT2D eigenvalue weighted by molar-refractivity contribution is 7.89. The highest BCUT2D eigenvalue weighted by atomic mass is 32.2. The number of nitro groups is 1. The molecule has 0 unspecified atom stereocenters. The van der Waals surface area contributed by atoms with Crippen molar-refractivity contribution in [2.45, 2.75) is 25.7 Å². The summed E-state index contributed by atoms with van der Waals surface area (Å²) in [7, 11) is -3.84. The van der Waals surface area contributed by atoms with Crippen LogP contribution in [0.5, 0.6) is 5.75 Å². The highest BCUT2D eigenvalue weighted by Crippen LogP contribution is 2.31. The van der Waals surface area contributed by atoms with E-state index in [0.717, 1.165) is 10.9 Å². The van der Waals surface area contributed by atoms with Gasteiger partial charge in [-0.15, -0.1) is 11.3 Å². The highest BCUT2D eigenvalue weighted by Gasteiger charge is 2.26. The normalized spacial score (nSPS) is 11.6. The van der Waals surface area contributed by atoms with Crippen LogP contribution in [0.1, 0.15) is 28.4 Å². The van der Waals surface area contributed by atoms with Crippen molar-refractivity contribution in [3.05, 3.63) is 50.2 Å². The van der Waals surface area contributed by atoms with Crippen LogP contribution in [0.15, 0.2) is 35.2 Å². The lowest BCUT2D eigenvalue weighted by atomic mass is 10.3. The molecule has 0 fully saturated rings. The Morgan fingerprint density at radius 3 is 2.41 bits per heavy atom. The molecule has 1 aromatic heterocycles. The number of hydrogen-bond donors (Lipinski definition) is 0. The van der Waals surface area contributed by atoms with Gasteiger partial charge in [0.1, 0.15) is 0 Å². The van der Waals surface area contributed by atoms with Crippen LogP contribution >= 0.6 is 11.3 Å². The summed E-state index contributed by atoms with van der Waals surface area (Å²) in [5.41, 5.74) is -0.501. The van der Waals surface area contributed by atoms with Crippen molar-refractivity contribution in [2.24, 2.45) is 0 Å². The van der Waals surface area contributed by atoms with Crippen LogP contribution in [0.3, 0.4) is 0 Å². The molecule has 0 bridgehead atoms. The molecular weight excluding hydrogens is 392 g/mol. The van der Waals surface area contributed by atoms with Crippen molar-refractivity contribution in [2.75, 3.05) is 19.7 Å². The number of ketones is 1. The summed E-state index contributed by atoms with van der Waals surface area (Å²) < 4.78 is 31.6. The lowest BCUT2D eigenvalue weighted by Crippen LogP contribution is -2.30. The number of thiophene rings is 1. The van der Waals surface area contributed by atoms with Gasteiger partial charge in [-0.2, -0.15) is 4.31 Å². The first kappa shape index (κ1) is 21.0. The molecule has 0 atom stereocenters. The zero-order valence-electron chi connectivity index (χ0n) is 15.2. The predicted molar refractivity (Wildman–Crippen MR) is 102 cm³/mol. The second-order valence-electron chi connectivity index (χ2n) is 5.60. The van der Waals surface area contributed by atoms with E-state index in [1.165, 1.54) is 27.8 Å². The lowest BCUT2D eigenvalue weighted by Gasteiger charge is -2.18. The van der Waals surface area contributed by atoms with Gasteiger partial charge in [-0.25, -0.2) is 8.42 Å². The molecule has 0 amide bonds. The molecule has 8 nitrogen and oxygen atoms in total. The van der Waals surface area contributed by atoms with Crippen molar-refractivity contribution in [3.8, 4) is 5.75 Å². The molecule has 0 saturated carbocycles. The Labute approximate surface area is 161 Å². The van der Waals surface area contributed by atoms with Crippen molar-refractivity contribution in [1.82, 2.24) is 4.31 Å². The summed E-state index contributed by atoms with van der Waals surface area (Å²) in [6.07, 6.45) is 0. The molecule has 2 aromatic rings. The van der Waals surface area contributed by atoms with Gasteiger partial charge >= 0.3 is 5.69 Å². The maximum absolute atomic E-state index is 12.5. The lowest BCUT2D eigenvalue weighted by molar-refractivity contribution is -0.386. The average molecular weight is 412 g/mol. The Morgan fingerprint density at radius 1 is 1.22 bits per heavy atom. The third-order valence-electron chi connectivity index (χ3n) is 3.84. The Morgan fingerprint density at radius 2 is 1.89 bits per heavy atom. The standard InChI is InChI=1S/C17H20N2O6S2/c1-4-18(5-2)27(23,24)13-7-8-16(14(10-13)19(21)22)25-11-15(20)17-9-6-12(3)26-17/h6-10H,4-5,11H2,1-3H3. The van der Waals surface area contributed by atoms with Gasteiger partial charge in [0.15, 0.2) is 12.4 Å².